The first-order chi connectivity index (χ1) is 14.2. The van der Waals surface area contributed by atoms with E-state index >= 15 is 0 Å². The largest absolute Gasteiger partial charge is 0.479 e. The van der Waals surface area contributed by atoms with Crippen LogP contribution in [0.5, 0.6) is 0 Å². The Kier molecular flexibility index (Phi) is 12.3. The Morgan fingerprint density at radius 3 is 2.72 bits per heavy atom. The van der Waals surface area contributed by atoms with Gasteiger partial charge < -0.3 is 14.6 Å². The van der Waals surface area contributed by atoms with E-state index in [-0.39, 0.29) is 6.29 Å². The Labute approximate surface area is 177 Å². The highest BCUT2D eigenvalue weighted by Gasteiger charge is 2.25. The van der Waals surface area contributed by atoms with Crippen LogP contribution in [0.25, 0.3) is 0 Å². The second-order valence-corrected chi connectivity index (χ2v) is 8.68. The van der Waals surface area contributed by atoms with E-state index < -0.39 is 12.1 Å². The Balaban J connectivity index is 1.64. The fraction of sp³-hybridized carbons (Fsp3) is 0.800. The van der Waals surface area contributed by atoms with Gasteiger partial charge in [0.1, 0.15) is 0 Å². The molecule has 2 unspecified atom stereocenters. The number of carboxylic acid groups (broad SMARTS) is 1. The number of unbranched alkanes of at least 4 members (excludes halogenated alkanes) is 4. The highest BCUT2D eigenvalue weighted by molar-refractivity contribution is 5.72. The molecule has 4 heteroatoms. The summed E-state index contributed by atoms with van der Waals surface area (Å²) in [6.07, 6.45) is 23.9. The van der Waals surface area contributed by atoms with Gasteiger partial charge in [-0.1, -0.05) is 56.9 Å². The predicted molar refractivity (Wildman–Crippen MR) is 118 cm³/mol. The summed E-state index contributed by atoms with van der Waals surface area (Å²) in [6, 6.07) is 0. The summed E-state index contributed by atoms with van der Waals surface area (Å²) < 4.78 is 11.2. The highest BCUT2D eigenvalue weighted by atomic mass is 16.7. The fourth-order valence-corrected chi connectivity index (χ4v) is 4.46. The van der Waals surface area contributed by atoms with Crippen LogP contribution in [0, 0.1) is 11.8 Å². The Bertz CT molecular complexity index is 493. The van der Waals surface area contributed by atoms with Crippen molar-refractivity contribution in [3.05, 3.63) is 24.3 Å². The molecule has 2 aliphatic rings. The number of carboxylic acids is 1. The second kappa shape index (κ2) is 14.8. The number of hydrogen-bond acceptors (Lipinski definition) is 3. The van der Waals surface area contributed by atoms with Crippen LogP contribution in [-0.2, 0) is 14.3 Å². The maximum atomic E-state index is 11.5. The molecule has 1 N–H and O–H groups in total. The molecule has 29 heavy (non-hydrogen) atoms. The van der Waals surface area contributed by atoms with E-state index in [9.17, 15) is 9.90 Å². The van der Waals surface area contributed by atoms with E-state index in [0.29, 0.717) is 13.0 Å². The van der Waals surface area contributed by atoms with E-state index in [1.54, 1.807) is 0 Å². The third-order valence-electron chi connectivity index (χ3n) is 6.26. The van der Waals surface area contributed by atoms with E-state index in [0.717, 1.165) is 43.9 Å². The van der Waals surface area contributed by atoms with Gasteiger partial charge in [0.15, 0.2) is 12.4 Å². The van der Waals surface area contributed by atoms with Crippen LogP contribution in [-0.4, -0.2) is 30.1 Å². The molecular weight excluding hydrogens is 364 g/mol. The molecule has 0 spiro atoms. The molecule has 0 aromatic carbocycles. The average molecular weight is 407 g/mol. The molecule has 1 aliphatic carbocycles. The summed E-state index contributed by atoms with van der Waals surface area (Å²) in [6.45, 7) is 2.93. The third kappa shape index (κ3) is 9.95. The maximum Gasteiger partial charge on any atom is 0.332 e. The van der Waals surface area contributed by atoms with Crippen molar-refractivity contribution in [2.45, 2.75) is 109 Å². The van der Waals surface area contributed by atoms with E-state index in [1.807, 2.05) is 0 Å². The average Bonchev–Trinajstić information content (AvgIpc) is 3.17. The molecule has 0 amide bonds. The standard InChI is InChI=1S/C25H42O4/c1-2-3-4-5-6-8-14-21-16-13-17-22(21)15-9-7-10-18-23(25(26)27)29-24-19-11-12-20-28-24/h7-9,14,21-24H,2-6,10-13,15-20H2,1H3,(H,26,27)/b9-7-,14-8+/t21-,22-,23?,24?/m0/s1. The minimum atomic E-state index is -0.882. The summed E-state index contributed by atoms with van der Waals surface area (Å²) in [4.78, 5) is 11.5. The first kappa shape index (κ1) is 24.1. The van der Waals surface area contributed by atoms with Gasteiger partial charge >= 0.3 is 5.97 Å². The van der Waals surface area contributed by atoms with Crippen LogP contribution >= 0.6 is 0 Å². The topological polar surface area (TPSA) is 55.8 Å². The number of carbonyl (C=O) groups is 1. The Morgan fingerprint density at radius 2 is 1.97 bits per heavy atom. The molecule has 1 saturated heterocycles. The van der Waals surface area contributed by atoms with Gasteiger partial charge in [-0.25, -0.2) is 4.79 Å². The summed E-state index contributed by atoms with van der Waals surface area (Å²) >= 11 is 0. The van der Waals surface area contributed by atoms with E-state index in [1.165, 1.54) is 51.4 Å². The van der Waals surface area contributed by atoms with Gasteiger partial charge in [0, 0.05) is 6.61 Å². The molecule has 0 radical (unpaired) electrons. The lowest BCUT2D eigenvalue weighted by Gasteiger charge is -2.25. The minimum Gasteiger partial charge on any atom is -0.479 e. The van der Waals surface area contributed by atoms with Gasteiger partial charge in [-0.2, -0.15) is 0 Å². The first-order valence-corrected chi connectivity index (χ1v) is 12.0. The van der Waals surface area contributed by atoms with Crippen LogP contribution in [0.15, 0.2) is 24.3 Å². The first-order valence-electron chi connectivity index (χ1n) is 12.0. The van der Waals surface area contributed by atoms with Crippen molar-refractivity contribution < 1.29 is 19.4 Å². The monoisotopic (exact) mass is 406 g/mol. The predicted octanol–water partition coefficient (Wildman–Crippen LogP) is 6.65. The van der Waals surface area contributed by atoms with Crippen molar-refractivity contribution in [1.29, 1.82) is 0 Å². The molecule has 1 aliphatic heterocycles. The fourth-order valence-electron chi connectivity index (χ4n) is 4.46. The van der Waals surface area contributed by atoms with Gasteiger partial charge in [0.05, 0.1) is 0 Å². The van der Waals surface area contributed by atoms with Gasteiger partial charge in [0.2, 0.25) is 0 Å². The molecule has 0 aromatic heterocycles. The molecule has 2 rings (SSSR count). The third-order valence-corrected chi connectivity index (χ3v) is 6.26. The molecular formula is C25H42O4. The van der Waals surface area contributed by atoms with E-state index in [2.05, 4.69) is 31.2 Å². The lowest BCUT2D eigenvalue weighted by Crippen LogP contribution is -2.32. The van der Waals surface area contributed by atoms with Gasteiger partial charge in [0.25, 0.3) is 0 Å². The van der Waals surface area contributed by atoms with E-state index in [4.69, 9.17) is 9.47 Å². The summed E-state index contributed by atoms with van der Waals surface area (Å²) in [5.41, 5.74) is 0. The van der Waals surface area contributed by atoms with Crippen molar-refractivity contribution >= 4 is 5.97 Å². The molecule has 166 valence electrons. The number of rotatable bonds is 14. The normalized spacial score (nSPS) is 26.4. The van der Waals surface area contributed by atoms with Crippen molar-refractivity contribution in [2.75, 3.05) is 6.61 Å². The molecule has 1 heterocycles. The van der Waals surface area contributed by atoms with Crippen LogP contribution in [0.3, 0.4) is 0 Å². The van der Waals surface area contributed by atoms with Gasteiger partial charge in [-0.05, 0) is 76.0 Å². The van der Waals surface area contributed by atoms with Crippen molar-refractivity contribution in [2.24, 2.45) is 11.8 Å². The van der Waals surface area contributed by atoms with Crippen LogP contribution in [0.2, 0.25) is 0 Å². The molecule has 1 saturated carbocycles. The number of allylic oxidation sites excluding steroid dienone is 4. The zero-order valence-electron chi connectivity index (χ0n) is 18.4. The zero-order chi connectivity index (χ0) is 20.7. The van der Waals surface area contributed by atoms with Crippen LogP contribution < -0.4 is 0 Å². The molecule has 0 bridgehead atoms. The molecule has 4 nitrogen and oxygen atoms in total. The number of aliphatic carboxylic acids is 1. The SMILES string of the molecule is CCCCCC/C=C/[C@H]1CCC[C@@H]1C/C=C\CCC(OC1CCCCO1)C(=O)O. The molecule has 0 aromatic rings. The number of hydrogen-bond donors (Lipinski definition) is 1. The summed E-state index contributed by atoms with van der Waals surface area (Å²) in [5, 5.41) is 9.41. The van der Waals surface area contributed by atoms with Crippen molar-refractivity contribution in [3.8, 4) is 0 Å². The Morgan fingerprint density at radius 1 is 1.07 bits per heavy atom. The number of ether oxygens (including phenoxy) is 2. The second-order valence-electron chi connectivity index (χ2n) is 8.68. The van der Waals surface area contributed by atoms with Crippen LogP contribution in [0.1, 0.15) is 96.8 Å². The van der Waals surface area contributed by atoms with Gasteiger partial charge in [-0.3, -0.25) is 0 Å². The highest BCUT2D eigenvalue weighted by Crippen LogP contribution is 2.35. The summed E-state index contributed by atoms with van der Waals surface area (Å²) in [7, 11) is 0. The van der Waals surface area contributed by atoms with Crippen molar-refractivity contribution in [3.63, 3.8) is 0 Å². The maximum absolute atomic E-state index is 11.5. The lowest BCUT2D eigenvalue weighted by molar-refractivity contribution is -0.201. The molecule has 4 atom stereocenters. The lowest BCUT2D eigenvalue weighted by atomic mass is 9.92. The Hall–Kier alpha value is -1.13. The van der Waals surface area contributed by atoms with Gasteiger partial charge in [-0.15, -0.1) is 0 Å². The summed E-state index contributed by atoms with van der Waals surface area (Å²) in [5.74, 6) is 0.595. The van der Waals surface area contributed by atoms with Crippen LogP contribution in [0.4, 0.5) is 0 Å². The zero-order valence-corrected chi connectivity index (χ0v) is 18.4. The minimum absolute atomic E-state index is 0.346. The quantitative estimate of drug-likeness (QED) is 0.259. The smallest absolute Gasteiger partial charge is 0.332 e. The molecule has 2 fully saturated rings. The van der Waals surface area contributed by atoms with Crippen molar-refractivity contribution in [1.82, 2.24) is 0 Å².